The molecule has 9 nitrogen and oxygen atoms in total. The maximum Gasteiger partial charge on any atom is 0.433 e. The smallest absolute Gasteiger partial charge is 0.347 e. The average Bonchev–Trinajstić information content (AvgIpc) is 3.38. The van der Waals surface area contributed by atoms with Gasteiger partial charge in [0.1, 0.15) is 17.4 Å². The molecule has 190 valence electrons. The number of hydrogen-bond acceptors (Lipinski definition) is 7. The van der Waals surface area contributed by atoms with Crippen molar-refractivity contribution in [2.45, 2.75) is 58.4 Å². The quantitative estimate of drug-likeness (QED) is 0.547. The lowest BCUT2D eigenvalue weighted by atomic mass is 9.99. The zero-order valence-electron chi connectivity index (χ0n) is 20.4. The van der Waals surface area contributed by atoms with Crippen molar-refractivity contribution in [1.82, 2.24) is 24.7 Å². The van der Waals surface area contributed by atoms with Gasteiger partial charge in [-0.15, -0.1) is 0 Å². The van der Waals surface area contributed by atoms with Gasteiger partial charge in [-0.2, -0.15) is 23.3 Å². The van der Waals surface area contributed by atoms with Crippen LogP contribution in [0.5, 0.6) is 0 Å². The van der Waals surface area contributed by atoms with Gasteiger partial charge in [0.15, 0.2) is 5.82 Å². The summed E-state index contributed by atoms with van der Waals surface area (Å²) in [6.07, 6.45) is 0.127. The van der Waals surface area contributed by atoms with Crippen molar-refractivity contribution in [3.63, 3.8) is 0 Å². The Bertz CT molecular complexity index is 1300. The number of likely N-dealkylation sites (N-methyl/N-ethyl adjacent to an activating group) is 1. The molecule has 36 heavy (non-hydrogen) atoms. The molecule has 0 aromatic carbocycles. The predicted octanol–water partition coefficient (Wildman–Crippen LogP) is 3.96. The first-order valence-corrected chi connectivity index (χ1v) is 11.8. The summed E-state index contributed by atoms with van der Waals surface area (Å²) in [4.78, 5) is 27.3. The van der Waals surface area contributed by atoms with Crippen molar-refractivity contribution in [3.8, 4) is 0 Å². The number of hydrogen-bond donors (Lipinski definition) is 2. The maximum absolute atomic E-state index is 12.8. The minimum absolute atomic E-state index is 0.0543. The van der Waals surface area contributed by atoms with Crippen LogP contribution in [0.3, 0.4) is 0 Å². The van der Waals surface area contributed by atoms with Crippen LogP contribution >= 0.6 is 0 Å². The SMILES string of the molecule is Cc1nc(N[C@@H]2CCc3c2cnn3Cc2ccc(C(F)(F)F)nc2)nc2c1NC(=O)C(C(C)C)N2C. The van der Waals surface area contributed by atoms with Crippen molar-refractivity contribution in [3.05, 3.63) is 52.7 Å². The Kier molecular flexibility index (Phi) is 5.84. The number of pyridine rings is 1. The minimum Gasteiger partial charge on any atom is -0.347 e. The number of anilines is 3. The molecule has 1 aliphatic heterocycles. The van der Waals surface area contributed by atoms with Crippen LogP contribution in [0.1, 0.15) is 54.5 Å². The Morgan fingerprint density at radius 2 is 2.00 bits per heavy atom. The lowest BCUT2D eigenvalue weighted by Crippen LogP contribution is -2.49. The van der Waals surface area contributed by atoms with Crippen LogP contribution in [0.2, 0.25) is 0 Å². The van der Waals surface area contributed by atoms with Gasteiger partial charge in [0.05, 0.1) is 24.5 Å². The number of aromatic nitrogens is 5. The summed E-state index contributed by atoms with van der Waals surface area (Å²) in [5.41, 5.74) is 3.06. The lowest BCUT2D eigenvalue weighted by Gasteiger charge is -2.37. The lowest BCUT2D eigenvalue weighted by molar-refractivity contribution is -0.141. The van der Waals surface area contributed by atoms with E-state index in [1.807, 2.05) is 32.7 Å². The summed E-state index contributed by atoms with van der Waals surface area (Å²) in [7, 11) is 1.87. The molecule has 2 aliphatic rings. The average molecular weight is 501 g/mol. The van der Waals surface area contributed by atoms with Crippen LogP contribution in [-0.2, 0) is 23.9 Å². The highest BCUT2D eigenvalue weighted by Gasteiger charge is 2.36. The first-order chi connectivity index (χ1) is 17.0. The van der Waals surface area contributed by atoms with E-state index in [4.69, 9.17) is 4.98 Å². The zero-order chi connectivity index (χ0) is 25.8. The number of nitrogens with one attached hydrogen (secondary N) is 2. The Hall–Kier alpha value is -3.70. The summed E-state index contributed by atoms with van der Waals surface area (Å²) in [6, 6.07) is 2.04. The van der Waals surface area contributed by atoms with Crippen LogP contribution < -0.4 is 15.5 Å². The topological polar surface area (TPSA) is 101 Å². The Labute approximate surface area is 206 Å². The van der Waals surface area contributed by atoms with Gasteiger partial charge < -0.3 is 15.5 Å². The van der Waals surface area contributed by atoms with Crippen LogP contribution in [0.4, 0.5) is 30.6 Å². The molecule has 0 fully saturated rings. The highest BCUT2D eigenvalue weighted by Crippen LogP contribution is 2.37. The predicted molar refractivity (Wildman–Crippen MR) is 128 cm³/mol. The Morgan fingerprint density at radius 1 is 1.22 bits per heavy atom. The normalized spacial score (nSPS) is 19.3. The van der Waals surface area contributed by atoms with E-state index < -0.39 is 11.9 Å². The second-order valence-electron chi connectivity index (χ2n) is 9.61. The number of aryl methyl sites for hydroxylation is 1. The van der Waals surface area contributed by atoms with Gasteiger partial charge in [-0.05, 0) is 37.3 Å². The standard InChI is InChI=1S/C24H27F3N8O/c1-12(2)20-22(36)32-19-13(3)30-23(33-21(19)34(20)4)31-16-6-7-17-15(16)10-29-35(17)11-14-5-8-18(28-9-14)24(25,26)27/h5,8-10,12,16,20H,6-7,11H2,1-4H3,(H,32,36)(H,30,31,33)/t16-,20?/m1/s1. The molecule has 2 N–H and O–H groups in total. The number of rotatable bonds is 5. The molecule has 0 saturated carbocycles. The molecule has 2 atom stereocenters. The molecule has 1 amide bonds. The van der Waals surface area contributed by atoms with E-state index in [1.54, 1.807) is 10.9 Å². The van der Waals surface area contributed by atoms with Crippen molar-refractivity contribution < 1.29 is 18.0 Å². The van der Waals surface area contributed by atoms with E-state index in [-0.39, 0.29) is 23.9 Å². The Balaban J connectivity index is 1.34. The maximum atomic E-state index is 12.8. The molecular weight excluding hydrogens is 473 g/mol. The fourth-order valence-corrected chi connectivity index (χ4v) is 5.01. The fourth-order valence-electron chi connectivity index (χ4n) is 5.01. The van der Waals surface area contributed by atoms with Gasteiger partial charge >= 0.3 is 6.18 Å². The third-order valence-corrected chi connectivity index (χ3v) is 6.75. The van der Waals surface area contributed by atoms with Crippen molar-refractivity contribution in [1.29, 1.82) is 0 Å². The van der Waals surface area contributed by atoms with E-state index >= 15 is 0 Å². The van der Waals surface area contributed by atoms with Crippen LogP contribution in [-0.4, -0.2) is 43.7 Å². The summed E-state index contributed by atoms with van der Waals surface area (Å²) in [5.74, 6) is 1.18. The van der Waals surface area contributed by atoms with Crippen molar-refractivity contribution >= 4 is 23.4 Å². The fraction of sp³-hybridized carbons (Fsp3) is 0.458. The van der Waals surface area contributed by atoms with E-state index in [1.165, 1.54) is 12.3 Å². The monoisotopic (exact) mass is 500 g/mol. The molecule has 0 radical (unpaired) electrons. The molecule has 0 bridgehead atoms. The highest BCUT2D eigenvalue weighted by atomic mass is 19.4. The number of halogens is 3. The third-order valence-electron chi connectivity index (χ3n) is 6.75. The number of carbonyl (C=O) groups excluding carboxylic acids is 1. The van der Waals surface area contributed by atoms with Gasteiger partial charge in [-0.3, -0.25) is 14.5 Å². The molecule has 4 heterocycles. The first kappa shape index (κ1) is 24.0. The summed E-state index contributed by atoms with van der Waals surface area (Å²) in [5, 5.41) is 10.8. The number of fused-ring (bicyclic) bond motifs is 2. The van der Waals surface area contributed by atoms with Crippen LogP contribution in [0.15, 0.2) is 24.5 Å². The van der Waals surface area contributed by atoms with Crippen molar-refractivity contribution in [2.24, 2.45) is 5.92 Å². The molecule has 1 aliphatic carbocycles. The number of nitrogens with zero attached hydrogens (tertiary/aromatic N) is 6. The second-order valence-corrected chi connectivity index (χ2v) is 9.61. The molecule has 3 aromatic rings. The highest BCUT2D eigenvalue weighted by molar-refractivity contribution is 6.03. The molecule has 5 rings (SSSR count). The molecule has 0 spiro atoms. The van der Waals surface area contributed by atoms with E-state index in [0.29, 0.717) is 35.3 Å². The van der Waals surface area contributed by atoms with Crippen LogP contribution in [0.25, 0.3) is 0 Å². The van der Waals surface area contributed by atoms with Gasteiger partial charge in [0.25, 0.3) is 0 Å². The molecule has 3 aromatic heterocycles. The number of amides is 1. The molecular formula is C24H27F3N8O. The zero-order valence-corrected chi connectivity index (χ0v) is 20.4. The van der Waals surface area contributed by atoms with Gasteiger partial charge in [-0.25, -0.2) is 4.98 Å². The first-order valence-electron chi connectivity index (χ1n) is 11.8. The van der Waals surface area contributed by atoms with Crippen molar-refractivity contribution in [2.75, 3.05) is 22.6 Å². The van der Waals surface area contributed by atoms with Gasteiger partial charge in [0.2, 0.25) is 11.9 Å². The molecule has 0 saturated heterocycles. The van der Waals surface area contributed by atoms with Gasteiger partial charge in [0, 0.05) is 24.5 Å². The van der Waals surface area contributed by atoms with Gasteiger partial charge in [-0.1, -0.05) is 19.9 Å². The minimum atomic E-state index is -4.46. The van der Waals surface area contributed by atoms with E-state index in [2.05, 4.69) is 25.7 Å². The van der Waals surface area contributed by atoms with E-state index in [0.717, 1.165) is 30.2 Å². The number of alkyl halides is 3. The van der Waals surface area contributed by atoms with Crippen LogP contribution in [0, 0.1) is 12.8 Å². The molecule has 12 heteroatoms. The second kappa shape index (κ2) is 8.75. The number of carbonyl (C=O) groups is 1. The Morgan fingerprint density at radius 3 is 2.67 bits per heavy atom. The summed E-state index contributed by atoms with van der Waals surface area (Å²) >= 11 is 0. The third kappa shape index (κ3) is 4.24. The summed E-state index contributed by atoms with van der Waals surface area (Å²) < 4.78 is 40.2. The summed E-state index contributed by atoms with van der Waals surface area (Å²) in [6.45, 7) is 6.17. The van der Waals surface area contributed by atoms with E-state index in [9.17, 15) is 18.0 Å². The molecule has 1 unspecified atom stereocenters. The largest absolute Gasteiger partial charge is 0.433 e.